The molecule has 1 heterocycles. The Hall–Kier alpha value is -2.51. The van der Waals surface area contributed by atoms with Gasteiger partial charge in [-0.25, -0.2) is 0 Å². The molecule has 1 aliphatic carbocycles. The Labute approximate surface area is 187 Å². The number of amides is 2. The van der Waals surface area contributed by atoms with Crippen LogP contribution in [0.4, 0.5) is 11.4 Å². The molecular weight excluding hydrogens is 410 g/mol. The van der Waals surface area contributed by atoms with Crippen molar-refractivity contribution in [2.75, 3.05) is 42.8 Å². The van der Waals surface area contributed by atoms with E-state index in [0.717, 1.165) is 49.3 Å². The van der Waals surface area contributed by atoms with Crippen LogP contribution in [-0.2, 0) is 16.1 Å². The van der Waals surface area contributed by atoms with Crippen molar-refractivity contribution in [1.29, 1.82) is 0 Å². The quantitative estimate of drug-likeness (QED) is 0.640. The summed E-state index contributed by atoms with van der Waals surface area (Å²) in [6.07, 6.45) is 5.08. The van der Waals surface area contributed by atoms with Crippen LogP contribution in [0.3, 0.4) is 0 Å². The van der Waals surface area contributed by atoms with E-state index in [4.69, 9.17) is 4.74 Å². The number of anilines is 2. The molecule has 2 aliphatic rings. The van der Waals surface area contributed by atoms with Crippen LogP contribution in [-0.4, -0.2) is 44.4 Å². The third kappa shape index (κ3) is 5.40. The number of carbonyl (C=O) groups is 2. The normalized spacial score (nSPS) is 16.5. The SMILES string of the molecule is CSc1ccc(CNC(=O)c2ccc(NC(=O)C3CCC3)cc2N2CCOCC2)cc1. The number of thioether (sulfide) groups is 1. The zero-order chi connectivity index (χ0) is 21.6. The van der Waals surface area contributed by atoms with Gasteiger partial charge >= 0.3 is 0 Å². The maximum Gasteiger partial charge on any atom is 0.253 e. The van der Waals surface area contributed by atoms with Gasteiger partial charge in [-0.2, -0.15) is 0 Å². The Morgan fingerprint density at radius 1 is 1.10 bits per heavy atom. The minimum atomic E-state index is -0.118. The monoisotopic (exact) mass is 439 g/mol. The van der Waals surface area contributed by atoms with Gasteiger partial charge in [0, 0.05) is 36.1 Å². The largest absolute Gasteiger partial charge is 0.378 e. The number of ether oxygens (including phenoxy) is 1. The molecule has 0 radical (unpaired) electrons. The second-order valence-corrected chi connectivity index (χ2v) is 8.86. The summed E-state index contributed by atoms with van der Waals surface area (Å²) in [5, 5.41) is 6.07. The number of nitrogens with one attached hydrogen (secondary N) is 2. The van der Waals surface area contributed by atoms with Crippen molar-refractivity contribution >= 4 is 35.0 Å². The van der Waals surface area contributed by atoms with E-state index in [9.17, 15) is 9.59 Å². The average Bonchev–Trinajstić information content (AvgIpc) is 2.77. The van der Waals surface area contributed by atoms with Crippen molar-refractivity contribution in [3.05, 3.63) is 53.6 Å². The average molecular weight is 440 g/mol. The van der Waals surface area contributed by atoms with Crippen molar-refractivity contribution in [2.45, 2.75) is 30.7 Å². The lowest BCUT2D eigenvalue weighted by molar-refractivity contribution is -0.122. The Bertz CT molecular complexity index is 922. The van der Waals surface area contributed by atoms with Crippen molar-refractivity contribution < 1.29 is 14.3 Å². The van der Waals surface area contributed by atoms with E-state index in [0.29, 0.717) is 25.3 Å². The summed E-state index contributed by atoms with van der Waals surface area (Å²) < 4.78 is 5.48. The lowest BCUT2D eigenvalue weighted by atomic mass is 9.85. The van der Waals surface area contributed by atoms with E-state index in [1.807, 2.05) is 36.6 Å². The number of carbonyl (C=O) groups excluding carboxylic acids is 2. The molecule has 31 heavy (non-hydrogen) atoms. The molecule has 0 atom stereocenters. The van der Waals surface area contributed by atoms with Crippen LogP contribution in [0, 0.1) is 5.92 Å². The van der Waals surface area contributed by atoms with Crippen LogP contribution in [0.2, 0.25) is 0 Å². The first-order valence-electron chi connectivity index (χ1n) is 10.8. The molecule has 2 aromatic rings. The fourth-order valence-corrected chi connectivity index (χ4v) is 4.21. The van der Waals surface area contributed by atoms with Gasteiger partial charge < -0.3 is 20.3 Å². The van der Waals surface area contributed by atoms with Crippen LogP contribution >= 0.6 is 11.8 Å². The third-order valence-corrected chi connectivity index (χ3v) is 6.69. The summed E-state index contributed by atoms with van der Waals surface area (Å²) in [5.41, 5.74) is 3.25. The highest BCUT2D eigenvalue weighted by molar-refractivity contribution is 7.98. The molecule has 2 aromatic carbocycles. The molecule has 7 heteroatoms. The van der Waals surface area contributed by atoms with Crippen molar-refractivity contribution in [2.24, 2.45) is 5.92 Å². The van der Waals surface area contributed by atoms with Gasteiger partial charge in [-0.15, -0.1) is 11.8 Å². The number of hydrogen-bond acceptors (Lipinski definition) is 5. The predicted molar refractivity (Wildman–Crippen MR) is 125 cm³/mol. The predicted octanol–water partition coefficient (Wildman–Crippen LogP) is 3.91. The molecular formula is C24H29N3O3S. The molecule has 6 nitrogen and oxygen atoms in total. The lowest BCUT2D eigenvalue weighted by Gasteiger charge is -2.31. The highest BCUT2D eigenvalue weighted by atomic mass is 32.2. The van der Waals surface area contributed by atoms with Crippen LogP contribution in [0.25, 0.3) is 0 Å². The van der Waals surface area contributed by atoms with E-state index in [2.05, 4.69) is 27.7 Å². The van der Waals surface area contributed by atoms with E-state index >= 15 is 0 Å². The van der Waals surface area contributed by atoms with Gasteiger partial charge in [0.15, 0.2) is 0 Å². The zero-order valence-corrected chi connectivity index (χ0v) is 18.7. The number of nitrogens with zero attached hydrogens (tertiary/aromatic N) is 1. The second kappa shape index (κ2) is 10.2. The topological polar surface area (TPSA) is 70.7 Å². The highest BCUT2D eigenvalue weighted by Gasteiger charge is 2.26. The number of rotatable bonds is 7. The number of hydrogen-bond donors (Lipinski definition) is 2. The van der Waals surface area contributed by atoms with E-state index in [1.165, 1.54) is 4.90 Å². The van der Waals surface area contributed by atoms with E-state index < -0.39 is 0 Å². The molecule has 1 aliphatic heterocycles. The second-order valence-electron chi connectivity index (χ2n) is 7.98. The summed E-state index contributed by atoms with van der Waals surface area (Å²) in [5.74, 6) is 0.0738. The van der Waals surface area contributed by atoms with Gasteiger partial charge in [-0.3, -0.25) is 9.59 Å². The van der Waals surface area contributed by atoms with E-state index in [1.54, 1.807) is 11.8 Å². The summed E-state index contributed by atoms with van der Waals surface area (Å²) in [4.78, 5) is 28.8. The lowest BCUT2D eigenvalue weighted by Crippen LogP contribution is -2.38. The summed E-state index contributed by atoms with van der Waals surface area (Å²) in [7, 11) is 0. The van der Waals surface area contributed by atoms with Gasteiger partial charge in [-0.05, 0) is 55.0 Å². The number of benzene rings is 2. The van der Waals surface area contributed by atoms with Crippen LogP contribution in [0.5, 0.6) is 0 Å². The van der Waals surface area contributed by atoms with Gasteiger partial charge in [0.2, 0.25) is 5.91 Å². The summed E-state index contributed by atoms with van der Waals surface area (Å²) in [6.45, 7) is 3.16. The maximum absolute atomic E-state index is 13.0. The van der Waals surface area contributed by atoms with Crippen molar-refractivity contribution in [3.8, 4) is 0 Å². The molecule has 2 N–H and O–H groups in total. The molecule has 0 aromatic heterocycles. The molecule has 1 saturated heterocycles. The standard InChI is InChI=1S/C24H29N3O3S/c1-31-20-8-5-17(6-9-20)16-25-24(29)21-10-7-19(26-23(28)18-3-2-4-18)15-22(21)27-11-13-30-14-12-27/h5-10,15,18H,2-4,11-14,16H2,1H3,(H,25,29)(H,26,28). The zero-order valence-electron chi connectivity index (χ0n) is 17.9. The van der Waals surface area contributed by atoms with Gasteiger partial charge in [0.25, 0.3) is 5.91 Å². The highest BCUT2D eigenvalue weighted by Crippen LogP contribution is 2.30. The Morgan fingerprint density at radius 2 is 1.84 bits per heavy atom. The molecule has 0 bridgehead atoms. The van der Waals surface area contributed by atoms with Gasteiger partial charge in [0.1, 0.15) is 0 Å². The van der Waals surface area contributed by atoms with Gasteiger partial charge in [-0.1, -0.05) is 18.6 Å². The first-order valence-corrected chi connectivity index (χ1v) is 12.1. The summed E-state index contributed by atoms with van der Waals surface area (Å²) in [6, 6.07) is 13.7. The van der Waals surface area contributed by atoms with Gasteiger partial charge in [0.05, 0.1) is 24.5 Å². The van der Waals surface area contributed by atoms with Crippen LogP contribution in [0.1, 0.15) is 35.2 Å². The first-order chi connectivity index (χ1) is 15.1. The molecule has 0 unspecified atom stereocenters. The fraction of sp³-hybridized carbons (Fsp3) is 0.417. The summed E-state index contributed by atoms with van der Waals surface area (Å²) >= 11 is 1.70. The Morgan fingerprint density at radius 3 is 2.48 bits per heavy atom. The van der Waals surface area contributed by atoms with Crippen molar-refractivity contribution in [1.82, 2.24) is 5.32 Å². The van der Waals surface area contributed by atoms with Crippen molar-refractivity contribution in [3.63, 3.8) is 0 Å². The fourth-order valence-electron chi connectivity index (χ4n) is 3.80. The molecule has 164 valence electrons. The minimum absolute atomic E-state index is 0.0741. The molecule has 4 rings (SSSR count). The maximum atomic E-state index is 13.0. The van der Waals surface area contributed by atoms with Crippen LogP contribution in [0.15, 0.2) is 47.4 Å². The van der Waals surface area contributed by atoms with Crippen LogP contribution < -0.4 is 15.5 Å². The molecule has 2 amide bonds. The molecule has 1 saturated carbocycles. The first kappa shape index (κ1) is 21.7. The number of morpholine rings is 1. The third-order valence-electron chi connectivity index (χ3n) is 5.95. The molecule has 0 spiro atoms. The minimum Gasteiger partial charge on any atom is -0.378 e. The molecule has 2 fully saturated rings. The Balaban J connectivity index is 1.49. The van der Waals surface area contributed by atoms with E-state index in [-0.39, 0.29) is 17.7 Å². The smallest absolute Gasteiger partial charge is 0.253 e. The Kier molecular flexibility index (Phi) is 7.14.